The van der Waals surface area contributed by atoms with Gasteiger partial charge in [0.2, 0.25) is 5.91 Å². The van der Waals surface area contributed by atoms with E-state index in [4.69, 9.17) is 14.3 Å². The SMILES string of the molecule is CCCOc1ccc(N2C(=O)[C@@H]3[C@@H](ON(c4ccccc4)[C@H]3c3ccc(O)c(OC)c3)C2=O)cc1. The first kappa shape index (κ1) is 22.7. The molecule has 2 heterocycles. The normalized spacial score (nSPS) is 21.4. The van der Waals surface area contributed by atoms with E-state index in [-0.39, 0.29) is 17.4 Å². The Kier molecular flexibility index (Phi) is 6.05. The Bertz CT molecular complexity index is 1230. The molecular formula is C27H26N2O6. The second-order valence-electron chi connectivity index (χ2n) is 8.44. The van der Waals surface area contributed by atoms with Crippen molar-refractivity contribution in [3.8, 4) is 17.2 Å². The molecule has 8 heteroatoms. The van der Waals surface area contributed by atoms with E-state index in [0.717, 1.165) is 6.42 Å². The third-order valence-corrected chi connectivity index (χ3v) is 6.24. The summed E-state index contributed by atoms with van der Waals surface area (Å²) in [5, 5.41) is 11.7. The first-order chi connectivity index (χ1) is 17.0. The van der Waals surface area contributed by atoms with E-state index in [2.05, 4.69) is 0 Å². The predicted molar refractivity (Wildman–Crippen MR) is 129 cm³/mol. The number of fused-ring (bicyclic) bond motifs is 1. The fraction of sp³-hybridized carbons (Fsp3) is 0.259. The minimum Gasteiger partial charge on any atom is -0.504 e. The van der Waals surface area contributed by atoms with Crippen molar-refractivity contribution in [2.45, 2.75) is 25.5 Å². The topological polar surface area (TPSA) is 88.5 Å². The van der Waals surface area contributed by atoms with E-state index in [0.29, 0.717) is 29.3 Å². The van der Waals surface area contributed by atoms with Crippen molar-refractivity contribution in [2.75, 3.05) is 23.7 Å². The van der Waals surface area contributed by atoms with Crippen LogP contribution in [0.4, 0.5) is 11.4 Å². The Morgan fingerprint density at radius 3 is 2.37 bits per heavy atom. The molecule has 2 aliphatic rings. The van der Waals surface area contributed by atoms with Gasteiger partial charge < -0.3 is 14.6 Å². The summed E-state index contributed by atoms with van der Waals surface area (Å²) in [6.07, 6.45) is -0.101. The number of rotatable bonds is 7. The van der Waals surface area contributed by atoms with Gasteiger partial charge in [-0.25, -0.2) is 9.96 Å². The van der Waals surface area contributed by atoms with Gasteiger partial charge in [0.15, 0.2) is 17.6 Å². The summed E-state index contributed by atoms with van der Waals surface area (Å²) in [6, 6.07) is 20.5. The number of hydroxylamine groups is 1. The van der Waals surface area contributed by atoms with Gasteiger partial charge in [-0.1, -0.05) is 31.2 Å². The number of carbonyl (C=O) groups excluding carboxylic acids is 2. The minimum absolute atomic E-state index is 0.0150. The number of anilines is 2. The lowest BCUT2D eigenvalue weighted by molar-refractivity contribution is -0.126. The highest BCUT2D eigenvalue weighted by Gasteiger charge is 2.60. The van der Waals surface area contributed by atoms with Gasteiger partial charge in [0.05, 0.1) is 31.1 Å². The Hall–Kier alpha value is -4.04. The summed E-state index contributed by atoms with van der Waals surface area (Å²) in [7, 11) is 1.46. The molecule has 0 bridgehead atoms. The summed E-state index contributed by atoms with van der Waals surface area (Å²) in [4.78, 5) is 34.5. The van der Waals surface area contributed by atoms with E-state index in [9.17, 15) is 14.7 Å². The number of phenolic OH excluding ortho intramolecular Hbond substituents is 1. The van der Waals surface area contributed by atoms with Gasteiger partial charge in [0, 0.05) is 0 Å². The Morgan fingerprint density at radius 1 is 0.943 bits per heavy atom. The number of imide groups is 1. The molecule has 35 heavy (non-hydrogen) atoms. The van der Waals surface area contributed by atoms with Crippen molar-refractivity contribution < 1.29 is 29.0 Å². The monoisotopic (exact) mass is 474 g/mol. The van der Waals surface area contributed by atoms with E-state index < -0.39 is 24.0 Å². The van der Waals surface area contributed by atoms with Crippen LogP contribution in [0, 0.1) is 5.92 Å². The maximum atomic E-state index is 13.7. The zero-order valence-electron chi connectivity index (χ0n) is 19.5. The molecule has 0 aliphatic carbocycles. The van der Waals surface area contributed by atoms with Crippen LogP contribution in [0.5, 0.6) is 17.2 Å². The smallest absolute Gasteiger partial charge is 0.266 e. The Balaban J connectivity index is 1.52. The molecule has 3 aromatic rings. The summed E-state index contributed by atoms with van der Waals surface area (Å²) < 4.78 is 10.9. The van der Waals surface area contributed by atoms with E-state index in [1.807, 2.05) is 37.3 Å². The molecule has 0 spiro atoms. The van der Waals surface area contributed by atoms with Crippen LogP contribution in [0.25, 0.3) is 0 Å². The Morgan fingerprint density at radius 2 is 1.69 bits per heavy atom. The number of aromatic hydroxyl groups is 1. The molecule has 2 fully saturated rings. The molecule has 0 aromatic heterocycles. The van der Waals surface area contributed by atoms with Crippen molar-refractivity contribution >= 4 is 23.2 Å². The number of hydrogen-bond donors (Lipinski definition) is 1. The standard InChI is InChI=1S/C27H26N2O6/c1-3-15-34-20-12-10-18(11-13-20)28-26(31)23-24(17-9-14-21(30)22(16-17)33-2)29(35-25(23)27(28)32)19-7-5-4-6-8-19/h4-14,16,23-25,30H,3,15H2,1-2H3/t23-,24-,25+/m0/s1. The molecule has 2 saturated heterocycles. The van der Waals surface area contributed by atoms with Crippen LogP contribution in [0.3, 0.4) is 0 Å². The number of methoxy groups -OCH3 is 1. The highest BCUT2D eigenvalue weighted by atomic mass is 16.7. The van der Waals surface area contributed by atoms with Gasteiger partial charge in [-0.05, 0) is 60.5 Å². The van der Waals surface area contributed by atoms with Gasteiger partial charge in [-0.3, -0.25) is 14.4 Å². The van der Waals surface area contributed by atoms with Gasteiger partial charge >= 0.3 is 0 Å². The van der Waals surface area contributed by atoms with Crippen LogP contribution in [-0.4, -0.2) is 36.7 Å². The number of ether oxygens (including phenoxy) is 2. The zero-order valence-corrected chi connectivity index (χ0v) is 19.5. The first-order valence-corrected chi connectivity index (χ1v) is 11.5. The summed E-state index contributed by atoms with van der Waals surface area (Å²) in [5.74, 6) is -0.619. The molecule has 5 rings (SSSR count). The van der Waals surface area contributed by atoms with Crippen LogP contribution >= 0.6 is 0 Å². The fourth-order valence-electron chi connectivity index (χ4n) is 4.60. The number of hydrogen-bond acceptors (Lipinski definition) is 7. The van der Waals surface area contributed by atoms with Crippen molar-refractivity contribution in [1.29, 1.82) is 0 Å². The van der Waals surface area contributed by atoms with Gasteiger partial charge in [-0.15, -0.1) is 0 Å². The van der Waals surface area contributed by atoms with Crippen LogP contribution in [0.15, 0.2) is 72.8 Å². The molecule has 3 aromatic carbocycles. The number of nitrogens with zero attached hydrogens (tertiary/aromatic N) is 2. The summed E-state index contributed by atoms with van der Waals surface area (Å²) >= 11 is 0. The maximum Gasteiger partial charge on any atom is 0.266 e. The highest BCUT2D eigenvalue weighted by Crippen LogP contribution is 2.48. The lowest BCUT2D eigenvalue weighted by Crippen LogP contribution is -2.37. The number of benzene rings is 3. The largest absolute Gasteiger partial charge is 0.504 e. The summed E-state index contributed by atoms with van der Waals surface area (Å²) in [5.41, 5.74) is 1.86. The lowest BCUT2D eigenvalue weighted by atomic mass is 9.90. The highest BCUT2D eigenvalue weighted by molar-refractivity contribution is 6.23. The molecule has 0 unspecified atom stereocenters. The zero-order chi connectivity index (χ0) is 24.5. The number of para-hydroxylation sites is 1. The minimum atomic E-state index is -0.983. The molecule has 0 saturated carbocycles. The van der Waals surface area contributed by atoms with Gasteiger partial charge in [0.1, 0.15) is 11.7 Å². The summed E-state index contributed by atoms with van der Waals surface area (Å²) in [6.45, 7) is 2.61. The second kappa shape index (κ2) is 9.31. The molecule has 2 aliphatic heterocycles. The average Bonchev–Trinajstić information content (AvgIpc) is 3.40. The van der Waals surface area contributed by atoms with Crippen LogP contribution in [-0.2, 0) is 14.4 Å². The van der Waals surface area contributed by atoms with Crippen LogP contribution in [0.2, 0.25) is 0 Å². The molecule has 3 atom stereocenters. The van der Waals surface area contributed by atoms with E-state index in [1.54, 1.807) is 41.5 Å². The average molecular weight is 475 g/mol. The van der Waals surface area contributed by atoms with Crippen LogP contribution in [0.1, 0.15) is 24.9 Å². The van der Waals surface area contributed by atoms with Crippen molar-refractivity contribution in [3.63, 3.8) is 0 Å². The van der Waals surface area contributed by atoms with Crippen molar-refractivity contribution in [1.82, 2.24) is 0 Å². The van der Waals surface area contributed by atoms with E-state index >= 15 is 0 Å². The number of carbonyl (C=O) groups is 2. The quantitative estimate of drug-likeness (QED) is 0.513. The van der Waals surface area contributed by atoms with E-state index in [1.165, 1.54) is 18.1 Å². The third kappa shape index (κ3) is 3.95. The number of phenols is 1. The molecule has 0 radical (unpaired) electrons. The molecule has 2 amide bonds. The fourth-order valence-corrected chi connectivity index (χ4v) is 4.60. The number of amides is 2. The van der Waals surface area contributed by atoms with Crippen LogP contribution < -0.4 is 19.4 Å². The van der Waals surface area contributed by atoms with Crippen molar-refractivity contribution in [3.05, 3.63) is 78.4 Å². The second-order valence-corrected chi connectivity index (χ2v) is 8.44. The molecule has 180 valence electrons. The van der Waals surface area contributed by atoms with Gasteiger partial charge in [-0.2, -0.15) is 0 Å². The van der Waals surface area contributed by atoms with Crippen molar-refractivity contribution in [2.24, 2.45) is 5.92 Å². The van der Waals surface area contributed by atoms with Gasteiger partial charge in [0.25, 0.3) is 5.91 Å². The molecule has 1 N–H and O–H groups in total. The molecule has 8 nitrogen and oxygen atoms in total. The lowest BCUT2D eigenvalue weighted by Gasteiger charge is -2.29. The third-order valence-electron chi connectivity index (χ3n) is 6.24. The molecular weight excluding hydrogens is 448 g/mol. The maximum absolute atomic E-state index is 13.7. The Labute approximate surface area is 203 Å². The first-order valence-electron chi connectivity index (χ1n) is 11.5. The predicted octanol–water partition coefficient (Wildman–Crippen LogP) is 4.24.